The van der Waals surface area contributed by atoms with Crippen molar-refractivity contribution in [2.24, 2.45) is 10.9 Å². The zero-order valence-electron chi connectivity index (χ0n) is 8.26. The summed E-state index contributed by atoms with van der Waals surface area (Å²) < 4.78 is 5.62. The molecule has 5 heteroatoms. The lowest BCUT2D eigenvalue weighted by Crippen LogP contribution is -2.26. The van der Waals surface area contributed by atoms with E-state index < -0.39 is 0 Å². The van der Waals surface area contributed by atoms with E-state index in [1.165, 1.54) is 6.42 Å². The molecule has 0 spiro atoms. The summed E-state index contributed by atoms with van der Waals surface area (Å²) in [6, 6.07) is 3.44. The molecule has 0 aromatic carbocycles. The maximum absolute atomic E-state index is 8.60. The van der Waals surface area contributed by atoms with E-state index in [2.05, 4.69) is 10.1 Å². The number of hydrogen-bond acceptors (Lipinski definition) is 4. The molecule has 2 rings (SSSR count). The fraction of sp³-hybridized carbons (Fsp3) is 0.400. The van der Waals surface area contributed by atoms with E-state index in [0.717, 1.165) is 12.8 Å². The number of ether oxygens (including phenoxy) is 1. The van der Waals surface area contributed by atoms with E-state index in [1.807, 2.05) is 0 Å². The topological polar surface area (TPSA) is 80.7 Å². The summed E-state index contributed by atoms with van der Waals surface area (Å²) in [5, 5.41) is 11.5. The van der Waals surface area contributed by atoms with E-state index >= 15 is 0 Å². The summed E-state index contributed by atoms with van der Waals surface area (Å²) in [7, 11) is 0. The number of aromatic nitrogens is 1. The molecule has 1 saturated carbocycles. The van der Waals surface area contributed by atoms with Gasteiger partial charge < -0.3 is 15.7 Å². The van der Waals surface area contributed by atoms with Gasteiger partial charge in [0.15, 0.2) is 5.84 Å². The molecule has 1 aliphatic rings. The highest BCUT2D eigenvalue weighted by atomic mass is 16.5. The number of nitrogens with zero attached hydrogens (tertiary/aromatic N) is 2. The van der Waals surface area contributed by atoms with Crippen LogP contribution in [0.2, 0.25) is 0 Å². The summed E-state index contributed by atoms with van der Waals surface area (Å²) in [5.74, 6) is 0.468. The molecule has 0 bridgehead atoms. The van der Waals surface area contributed by atoms with Crippen LogP contribution >= 0.6 is 0 Å². The van der Waals surface area contributed by atoms with Gasteiger partial charge >= 0.3 is 0 Å². The molecule has 0 amide bonds. The van der Waals surface area contributed by atoms with Gasteiger partial charge in [0.25, 0.3) is 0 Å². The molecular formula is C10H13N3O2. The van der Waals surface area contributed by atoms with Gasteiger partial charge in [-0.1, -0.05) is 5.16 Å². The molecule has 1 heterocycles. The first-order valence-electron chi connectivity index (χ1n) is 4.91. The highest BCUT2D eigenvalue weighted by molar-refractivity contribution is 5.98. The summed E-state index contributed by atoms with van der Waals surface area (Å²) in [5.41, 5.74) is 6.04. The molecular weight excluding hydrogens is 194 g/mol. The minimum absolute atomic E-state index is 0.0254. The Hall–Kier alpha value is -1.78. The lowest BCUT2D eigenvalue weighted by molar-refractivity contribution is 0.114. The lowest BCUT2D eigenvalue weighted by atomic mass is 9.96. The fourth-order valence-electron chi connectivity index (χ4n) is 1.38. The Labute approximate surface area is 87.6 Å². The van der Waals surface area contributed by atoms with Crippen molar-refractivity contribution >= 4 is 5.84 Å². The summed E-state index contributed by atoms with van der Waals surface area (Å²) in [4.78, 5) is 4.08. The maximum Gasteiger partial charge on any atom is 0.224 e. The van der Waals surface area contributed by atoms with E-state index in [1.54, 1.807) is 18.3 Å². The van der Waals surface area contributed by atoms with Crippen molar-refractivity contribution in [1.29, 1.82) is 0 Å². The first-order valence-corrected chi connectivity index (χ1v) is 4.91. The molecule has 5 nitrogen and oxygen atoms in total. The molecule has 1 aliphatic carbocycles. The molecule has 1 fully saturated rings. The molecule has 3 N–H and O–H groups in total. The normalized spacial score (nSPS) is 17.2. The zero-order chi connectivity index (χ0) is 10.7. The zero-order valence-corrected chi connectivity index (χ0v) is 8.26. The van der Waals surface area contributed by atoms with Crippen LogP contribution < -0.4 is 10.5 Å². The number of pyridine rings is 1. The van der Waals surface area contributed by atoms with Crippen molar-refractivity contribution in [2.75, 3.05) is 0 Å². The van der Waals surface area contributed by atoms with Gasteiger partial charge in [-0.3, -0.25) is 0 Å². The van der Waals surface area contributed by atoms with Crippen LogP contribution in [0.4, 0.5) is 0 Å². The third-order valence-electron chi connectivity index (χ3n) is 2.49. The van der Waals surface area contributed by atoms with Crippen LogP contribution in [0.25, 0.3) is 0 Å². The quantitative estimate of drug-likeness (QED) is 0.336. The Morgan fingerprint density at radius 2 is 2.40 bits per heavy atom. The average Bonchev–Trinajstić information content (AvgIpc) is 2.23. The van der Waals surface area contributed by atoms with E-state index in [0.29, 0.717) is 11.4 Å². The van der Waals surface area contributed by atoms with Crippen molar-refractivity contribution in [3.05, 3.63) is 23.9 Å². The molecule has 0 unspecified atom stereocenters. The Balaban J connectivity index is 2.20. The minimum Gasteiger partial charge on any atom is -0.474 e. The van der Waals surface area contributed by atoms with Gasteiger partial charge in [-0.15, -0.1) is 0 Å². The fourth-order valence-corrected chi connectivity index (χ4v) is 1.38. The van der Waals surface area contributed by atoms with Crippen LogP contribution in [0, 0.1) is 0 Å². The molecule has 1 aromatic heterocycles. The summed E-state index contributed by atoms with van der Waals surface area (Å²) in [6.45, 7) is 0. The summed E-state index contributed by atoms with van der Waals surface area (Å²) in [6.07, 6.45) is 5.14. The monoisotopic (exact) mass is 207 g/mol. The second-order valence-corrected chi connectivity index (χ2v) is 3.51. The van der Waals surface area contributed by atoms with Gasteiger partial charge in [0.1, 0.15) is 6.10 Å². The first kappa shape index (κ1) is 9.76. The predicted molar refractivity (Wildman–Crippen MR) is 55.0 cm³/mol. The van der Waals surface area contributed by atoms with Crippen LogP contribution in [0.5, 0.6) is 5.88 Å². The number of nitrogens with two attached hydrogens (primary N) is 1. The molecule has 0 atom stereocenters. The van der Waals surface area contributed by atoms with Crippen LogP contribution in [0.3, 0.4) is 0 Å². The first-order chi connectivity index (χ1) is 7.31. The van der Waals surface area contributed by atoms with Crippen LogP contribution in [0.15, 0.2) is 23.5 Å². The number of rotatable bonds is 3. The van der Waals surface area contributed by atoms with E-state index in [-0.39, 0.29) is 11.9 Å². The highest BCUT2D eigenvalue weighted by Crippen LogP contribution is 2.25. The summed E-state index contributed by atoms with van der Waals surface area (Å²) >= 11 is 0. The molecule has 15 heavy (non-hydrogen) atoms. The molecule has 80 valence electrons. The Kier molecular flexibility index (Phi) is 2.71. The van der Waals surface area contributed by atoms with Crippen LogP contribution in [-0.2, 0) is 0 Å². The van der Waals surface area contributed by atoms with Gasteiger partial charge in [-0.05, 0) is 31.4 Å². The smallest absolute Gasteiger partial charge is 0.224 e. The van der Waals surface area contributed by atoms with Crippen molar-refractivity contribution < 1.29 is 9.94 Å². The van der Waals surface area contributed by atoms with Crippen LogP contribution in [-0.4, -0.2) is 22.1 Å². The Morgan fingerprint density at radius 3 is 3.00 bits per heavy atom. The van der Waals surface area contributed by atoms with Gasteiger partial charge in [-0.25, -0.2) is 4.98 Å². The van der Waals surface area contributed by atoms with Gasteiger partial charge in [0.2, 0.25) is 5.88 Å². The molecule has 0 aliphatic heterocycles. The molecule has 0 saturated heterocycles. The Bertz CT molecular complexity index is 375. The lowest BCUT2D eigenvalue weighted by Gasteiger charge is -2.26. The van der Waals surface area contributed by atoms with Gasteiger partial charge in [0, 0.05) is 6.20 Å². The molecule has 1 aromatic rings. The minimum atomic E-state index is 0.0254. The van der Waals surface area contributed by atoms with Crippen molar-refractivity contribution in [3.8, 4) is 5.88 Å². The highest BCUT2D eigenvalue weighted by Gasteiger charge is 2.21. The van der Waals surface area contributed by atoms with E-state index in [9.17, 15) is 0 Å². The second-order valence-electron chi connectivity index (χ2n) is 3.51. The van der Waals surface area contributed by atoms with Crippen molar-refractivity contribution in [1.82, 2.24) is 4.98 Å². The number of amidine groups is 1. The number of hydrogen-bond donors (Lipinski definition) is 2. The second kappa shape index (κ2) is 4.16. The van der Waals surface area contributed by atoms with Crippen molar-refractivity contribution in [2.45, 2.75) is 25.4 Å². The van der Waals surface area contributed by atoms with Crippen molar-refractivity contribution in [3.63, 3.8) is 0 Å². The maximum atomic E-state index is 8.60. The third kappa shape index (κ3) is 2.01. The van der Waals surface area contributed by atoms with Crippen LogP contribution in [0.1, 0.15) is 24.8 Å². The third-order valence-corrected chi connectivity index (χ3v) is 2.49. The Morgan fingerprint density at radius 1 is 1.60 bits per heavy atom. The SMILES string of the molecule is NC(=NO)c1cccnc1OC1CCC1. The van der Waals surface area contributed by atoms with Gasteiger partial charge in [-0.2, -0.15) is 0 Å². The van der Waals surface area contributed by atoms with Gasteiger partial charge in [0.05, 0.1) is 5.56 Å². The average molecular weight is 207 g/mol. The largest absolute Gasteiger partial charge is 0.474 e. The predicted octanol–water partition coefficient (Wildman–Crippen LogP) is 1.11. The number of oxime groups is 1. The molecule has 0 radical (unpaired) electrons. The van der Waals surface area contributed by atoms with E-state index in [4.69, 9.17) is 15.7 Å². The standard InChI is InChI=1S/C10H13N3O2/c11-9(13-14)8-5-2-6-12-10(8)15-7-3-1-4-7/h2,5-7,14H,1,3-4H2,(H2,11,13).